The highest BCUT2D eigenvalue weighted by atomic mass is 16.5. The molecule has 0 aromatic heterocycles. The number of aromatic hydroxyl groups is 1. The first-order valence-corrected chi connectivity index (χ1v) is 11.5. The lowest BCUT2D eigenvalue weighted by atomic mass is 9.87. The summed E-state index contributed by atoms with van der Waals surface area (Å²) in [6.07, 6.45) is 9.43. The van der Waals surface area contributed by atoms with Gasteiger partial charge in [0.2, 0.25) is 0 Å². The van der Waals surface area contributed by atoms with Gasteiger partial charge in [0.15, 0.2) is 5.78 Å². The van der Waals surface area contributed by atoms with Crippen LogP contribution in [0, 0.1) is 12.8 Å². The number of Topliss-reactive ketones (excluding diaryl/α,β-unsaturated/α-hetero) is 1. The van der Waals surface area contributed by atoms with Gasteiger partial charge in [-0.25, -0.2) is 0 Å². The van der Waals surface area contributed by atoms with Gasteiger partial charge in [0.05, 0.1) is 0 Å². The summed E-state index contributed by atoms with van der Waals surface area (Å²) in [4.78, 5) is 12.2. The Morgan fingerprint density at radius 2 is 2.00 bits per heavy atom. The minimum atomic E-state index is -0.981. The second kappa shape index (κ2) is 11.0. The van der Waals surface area contributed by atoms with Gasteiger partial charge in [0.25, 0.3) is 0 Å². The Bertz CT molecular complexity index is 832. The molecular formula is C27H40O4. The number of carbonyl (C=O) groups is 1. The van der Waals surface area contributed by atoms with E-state index < -0.39 is 6.10 Å². The van der Waals surface area contributed by atoms with Crippen molar-refractivity contribution in [1.29, 1.82) is 0 Å². The van der Waals surface area contributed by atoms with E-state index in [9.17, 15) is 15.0 Å². The molecule has 172 valence electrons. The third kappa shape index (κ3) is 7.53. The monoisotopic (exact) mass is 428 g/mol. The predicted molar refractivity (Wildman–Crippen MR) is 127 cm³/mol. The molecule has 4 nitrogen and oxygen atoms in total. The number of carbonyl (C=O) groups excluding carboxylic acids is 1. The van der Waals surface area contributed by atoms with Crippen molar-refractivity contribution in [1.82, 2.24) is 0 Å². The molecule has 0 radical (unpaired) electrons. The summed E-state index contributed by atoms with van der Waals surface area (Å²) in [6.45, 7) is 12.0. The molecule has 3 atom stereocenters. The molecule has 0 amide bonds. The third-order valence-electron chi connectivity index (χ3n) is 6.25. The van der Waals surface area contributed by atoms with Crippen LogP contribution in [0.2, 0.25) is 0 Å². The van der Waals surface area contributed by atoms with Gasteiger partial charge < -0.3 is 14.9 Å². The van der Waals surface area contributed by atoms with Gasteiger partial charge in [-0.3, -0.25) is 4.79 Å². The zero-order valence-corrected chi connectivity index (χ0v) is 20.1. The Hall–Kier alpha value is -2.07. The second-order valence-corrected chi connectivity index (χ2v) is 9.78. The number of ketones is 1. The molecule has 1 heterocycles. The number of hydrogen-bond donors (Lipinski definition) is 2. The Morgan fingerprint density at radius 3 is 2.68 bits per heavy atom. The molecule has 0 saturated carbocycles. The highest BCUT2D eigenvalue weighted by Crippen LogP contribution is 2.39. The van der Waals surface area contributed by atoms with E-state index >= 15 is 0 Å². The molecule has 1 aromatic rings. The van der Waals surface area contributed by atoms with Crippen molar-refractivity contribution in [3.63, 3.8) is 0 Å². The first-order chi connectivity index (χ1) is 14.5. The molecule has 2 rings (SSSR count). The topological polar surface area (TPSA) is 66.8 Å². The summed E-state index contributed by atoms with van der Waals surface area (Å²) >= 11 is 0. The summed E-state index contributed by atoms with van der Waals surface area (Å²) < 4.78 is 6.37. The first kappa shape index (κ1) is 25.2. The molecule has 1 aliphatic rings. The van der Waals surface area contributed by atoms with Gasteiger partial charge in [-0.15, -0.1) is 0 Å². The molecule has 4 heteroatoms. The Balaban J connectivity index is 1.79. The van der Waals surface area contributed by atoms with Crippen molar-refractivity contribution in [3.05, 3.63) is 46.6 Å². The van der Waals surface area contributed by atoms with E-state index in [1.165, 1.54) is 5.57 Å². The Morgan fingerprint density at radius 1 is 1.29 bits per heavy atom. The summed E-state index contributed by atoms with van der Waals surface area (Å²) in [7, 11) is 0. The molecule has 1 aliphatic heterocycles. The lowest BCUT2D eigenvalue weighted by Crippen LogP contribution is -2.36. The predicted octanol–water partition coefficient (Wildman–Crippen LogP) is 6.21. The van der Waals surface area contributed by atoms with E-state index in [1.807, 2.05) is 33.8 Å². The molecular weight excluding hydrogens is 388 g/mol. The number of aliphatic hydroxyl groups excluding tert-OH is 1. The number of allylic oxidation sites excluding steroid dienone is 3. The third-order valence-corrected chi connectivity index (χ3v) is 6.25. The standard InChI is InChI=1S/C27H40O4/c1-18(2)15-24(29)25(30)20(4)11-7-9-19(3)10-8-13-27(6)14-12-22-17-23(28)16-21(5)26(22)31-27/h10,15-17,20,24,28-29H,7-9,11-14H2,1-6H3/t20-,24+,27+/m0/s1. The van der Waals surface area contributed by atoms with Crippen molar-refractivity contribution in [2.24, 2.45) is 5.92 Å². The highest BCUT2D eigenvalue weighted by molar-refractivity contribution is 5.86. The Kier molecular flexibility index (Phi) is 8.93. The van der Waals surface area contributed by atoms with E-state index in [1.54, 1.807) is 12.1 Å². The van der Waals surface area contributed by atoms with Gasteiger partial charge in [-0.1, -0.05) is 30.2 Å². The fourth-order valence-corrected chi connectivity index (χ4v) is 4.28. The molecule has 0 spiro atoms. The van der Waals surface area contributed by atoms with Gasteiger partial charge in [-0.05, 0) is 103 Å². The number of aryl methyl sites for hydroxylation is 2. The molecule has 0 fully saturated rings. The van der Waals surface area contributed by atoms with E-state index in [0.717, 1.165) is 67.4 Å². The maximum Gasteiger partial charge on any atom is 0.167 e. The van der Waals surface area contributed by atoms with E-state index in [0.29, 0.717) is 5.75 Å². The van der Waals surface area contributed by atoms with Crippen molar-refractivity contribution < 1.29 is 19.7 Å². The van der Waals surface area contributed by atoms with Crippen LogP contribution in [-0.2, 0) is 11.2 Å². The molecule has 0 unspecified atom stereocenters. The average Bonchev–Trinajstić information content (AvgIpc) is 2.67. The fraction of sp³-hybridized carbons (Fsp3) is 0.593. The van der Waals surface area contributed by atoms with Crippen LogP contribution in [0.3, 0.4) is 0 Å². The van der Waals surface area contributed by atoms with Crippen LogP contribution in [0.4, 0.5) is 0 Å². The van der Waals surface area contributed by atoms with Gasteiger partial charge in [0.1, 0.15) is 23.2 Å². The van der Waals surface area contributed by atoms with E-state index in [-0.39, 0.29) is 17.3 Å². The van der Waals surface area contributed by atoms with Crippen molar-refractivity contribution in [2.45, 2.75) is 98.2 Å². The highest BCUT2D eigenvalue weighted by Gasteiger charge is 2.32. The SMILES string of the molecule is CC(C)=C[C@@H](O)C(=O)[C@@H](C)CCCC(C)=CCC[C@]1(C)CCc2cc(O)cc(C)c2O1. The zero-order chi connectivity index (χ0) is 23.2. The Labute approximate surface area is 188 Å². The molecule has 0 bridgehead atoms. The fourth-order valence-electron chi connectivity index (χ4n) is 4.28. The van der Waals surface area contributed by atoms with Crippen LogP contribution in [0.25, 0.3) is 0 Å². The zero-order valence-electron chi connectivity index (χ0n) is 20.1. The normalized spacial score (nSPS) is 20.4. The number of phenols is 1. The maximum absolute atomic E-state index is 12.2. The number of rotatable bonds is 10. The number of ether oxygens (including phenoxy) is 1. The lowest BCUT2D eigenvalue weighted by molar-refractivity contribution is -0.128. The van der Waals surface area contributed by atoms with Gasteiger partial charge in [-0.2, -0.15) is 0 Å². The lowest BCUT2D eigenvalue weighted by Gasteiger charge is -2.36. The maximum atomic E-state index is 12.2. The molecule has 2 N–H and O–H groups in total. The summed E-state index contributed by atoms with van der Waals surface area (Å²) in [5.74, 6) is 1.02. The smallest absolute Gasteiger partial charge is 0.167 e. The number of aliphatic hydroxyl groups is 1. The number of hydrogen-bond acceptors (Lipinski definition) is 4. The number of benzene rings is 1. The second-order valence-electron chi connectivity index (χ2n) is 9.78. The quantitative estimate of drug-likeness (QED) is 0.435. The van der Waals surface area contributed by atoms with E-state index in [2.05, 4.69) is 19.9 Å². The minimum absolute atomic E-state index is 0.0888. The van der Waals surface area contributed by atoms with Crippen molar-refractivity contribution >= 4 is 5.78 Å². The average molecular weight is 429 g/mol. The minimum Gasteiger partial charge on any atom is -0.508 e. The molecule has 0 saturated heterocycles. The largest absolute Gasteiger partial charge is 0.508 e. The number of fused-ring (bicyclic) bond motifs is 1. The van der Waals surface area contributed by atoms with Crippen LogP contribution in [-0.4, -0.2) is 27.7 Å². The van der Waals surface area contributed by atoms with Crippen LogP contribution < -0.4 is 4.74 Å². The van der Waals surface area contributed by atoms with Crippen LogP contribution in [0.5, 0.6) is 11.5 Å². The van der Waals surface area contributed by atoms with Crippen molar-refractivity contribution in [3.8, 4) is 11.5 Å². The summed E-state index contributed by atoms with van der Waals surface area (Å²) in [5.41, 5.74) is 4.20. The van der Waals surface area contributed by atoms with Gasteiger partial charge >= 0.3 is 0 Å². The molecule has 1 aromatic carbocycles. The van der Waals surface area contributed by atoms with Gasteiger partial charge in [0, 0.05) is 5.92 Å². The molecule has 0 aliphatic carbocycles. The van der Waals surface area contributed by atoms with E-state index in [4.69, 9.17) is 4.74 Å². The summed E-state index contributed by atoms with van der Waals surface area (Å²) in [5, 5.41) is 19.8. The number of phenolic OH excluding ortho intramolecular Hbond substituents is 1. The first-order valence-electron chi connectivity index (χ1n) is 11.5. The van der Waals surface area contributed by atoms with Crippen LogP contribution in [0.15, 0.2) is 35.4 Å². The van der Waals surface area contributed by atoms with Crippen molar-refractivity contribution in [2.75, 3.05) is 0 Å². The summed E-state index contributed by atoms with van der Waals surface area (Å²) in [6, 6.07) is 3.58. The molecule has 31 heavy (non-hydrogen) atoms. The van der Waals surface area contributed by atoms with Crippen LogP contribution >= 0.6 is 0 Å². The van der Waals surface area contributed by atoms with Crippen LogP contribution in [0.1, 0.15) is 84.3 Å².